The molecule has 0 aliphatic heterocycles. The summed E-state index contributed by atoms with van der Waals surface area (Å²) < 4.78 is 18.0. The van der Waals surface area contributed by atoms with Gasteiger partial charge in [-0.25, -0.2) is 4.39 Å². The molecule has 0 atom stereocenters. The average molecular weight is 233 g/mol. The fourth-order valence-electron chi connectivity index (χ4n) is 1.81. The fraction of sp³-hybridized carbons (Fsp3) is 0.333. The van der Waals surface area contributed by atoms with Crippen molar-refractivity contribution in [2.45, 2.75) is 18.3 Å². The third-order valence-electron chi connectivity index (χ3n) is 3.23. The van der Waals surface area contributed by atoms with E-state index in [0.29, 0.717) is 18.3 Å². The Labute approximate surface area is 97.6 Å². The van der Waals surface area contributed by atoms with Crippen molar-refractivity contribution < 1.29 is 8.91 Å². The Morgan fingerprint density at radius 3 is 2.59 bits per heavy atom. The highest BCUT2D eigenvalue weighted by Gasteiger charge is 2.48. The van der Waals surface area contributed by atoms with Crippen LogP contribution in [0.1, 0.15) is 18.7 Å². The minimum Gasteiger partial charge on any atom is -0.338 e. The second-order valence-electron chi connectivity index (χ2n) is 4.41. The lowest BCUT2D eigenvalue weighted by molar-refractivity contribution is 0.347. The number of halogens is 1. The van der Waals surface area contributed by atoms with Crippen LogP contribution in [0.2, 0.25) is 0 Å². The molecule has 2 aromatic rings. The average Bonchev–Trinajstić information content (AvgIpc) is 3.00. The normalized spacial score (nSPS) is 17.1. The van der Waals surface area contributed by atoms with Crippen LogP contribution < -0.4 is 5.73 Å². The third-order valence-corrected chi connectivity index (χ3v) is 3.23. The molecule has 1 heterocycles. The molecule has 0 saturated heterocycles. The number of nitrogens with zero attached hydrogens (tertiary/aromatic N) is 2. The lowest BCUT2D eigenvalue weighted by atomic mass is 10.1. The highest BCUT2D eigenvalue weighted by Crippen LogP contribution is 2.46. The Hall–Kier alpha value is -1.75. The minimum absolute atomic E-state index is 0.106. The second-order valence-corrected chi connectivity index (χ2v) is 4.41. The van der Waals surface area contributed by atoms with Crippen LogP contribution in [0.25, 0.3) is 11.4 Å². The first-order valence-corrected chi connectivity index (χ1v) is 5.54. The van der Waals surface area contributed by atoms with Crippen molar-refractivity contribution in [2.24, 2.45) is 5.73 Å². The standard InChI is InChI=1S/C12H12FN3O/c13-9-3-1-8(2-4-9)10-15-11(17-16-10)12(7-14)5-6-12/h1-4H,5-7,14H2. The van der Waals surface area contributed by atoms with E-state index in [1.807, 2.05) is 0 Å². The maximum absolute atomic E-state index is 12.8. The number of benzene rings is 1. The minimum atomic E-state index is -0.280. The summed E-state index contributed by atoms with van der Waals surface area (Å²) >= 11 is 0. The zero-order valence-electron chi connectivity index (χ0n) is 9.19. The van der Waals surface area contributed by atoms with Gasteiger partial charge in [-0.3, -0.25) is 0 Å². The largest absolute Gasteiger partial charge is 0.338 e. The number of aromatic nitrogens is 2. The van der Waals surface area contributed by atoms with E-state index in [9.17, 15) is 4.39 Å². The van der Waals surface area contributed by atoms with Gasteiger partial charge in [0, 0.05) is 12.1 Å². The molecule has 0 unspecified atom stereocenters. The highest BCUT2D eigenvalue weighted by atomic mass is 19.1. The molecule has 1 aromatic heterocycles. The van der Waals surface area contributed by atoms with E-state index in [1.165, 1.54) is 12.1 Å². The second kappa shape index (κ2) is 3.63. The number of hydrogen-bond donors (Lipinski definition) is 1. The van der Waals surface area contributed by atoms with Crippen LogP contribution in [0, 0.1) is 5.82 Å². The van der Waals surface area contributed by atoms with Crippen LogP contribution in [0.4, 0.5) is 4.39 Å². The van der Waals surface area contributed by atoms with Gasteiger partial charge in [-0.2, -0.15) is 4.98 Å². The molecule has 4 nitrogen and oxygen atoms in total. The summed E-state index contributed by atoms with van der Waals surface area (Å²) in [6.45, 7) is 0.526. The molecule has 1 saturated carbocycles. The van der Waals surface area contributed by atoms with Gasteiger partial charge >= 0.3 is 0 Å². The SMILES string of the molecule is NCC1(c2nc(-c3ccc(F)cc3)no2)CC1. The topological polar surface area (TPSA) is 64.9 Å². The molecular weight excluding hydrogens is 221 g/mol. The molecule has 1 aromatic carbocycles. The Bertz CT molecular complexity index is 531. The van der Waals surface area contributed by atoms with Gasteiger partial charge in [-0.1, -0.05) is 5.16 Å². The number of rotatable bonds is 3. The van der Waals surface area contributed by atoms with Crippen molar-refractivity contribution in [3.05, 3.63) is 36.0 Å². The lowest BCUT2D eigenvalue weighted by Gasteiger charge is -2.03. The zero-order valence-corrected chi connectivity index (χ0v) is 9.19. The van der Waals surface area contributed by atoms with E-state index in [-0.39, 0.29) is 11.2 Å². The summed E-state index contributed by atoms with van der Waals surface area (Å²) in [5.74, 6) is 0.803. The molecule has 0 amide bonds. The predicted molar refractivity (Wildman–Crippen MR) is 59.7 cm³/mol. The van der Waals surface area contributed by atoms with Crippen LogP contribution in [0.15, 0.2) is 28.8 Å². The van der Waals surface area contributed by atoms with E-state index in [4.69, 9.17) is 10.3 Å². The fourth-order valence-corrected chi connectivity index (χ4v) is 1.81. The molecule has 3 rings (SSSR count). The lowest BCUT2D eigenvalue weighted by Crippen LogP contribution is -2.19. The maximum atomic E-state index is 12.8. The maximum Gasteiger partial charge on any atom is 0.234 e. The van der Waals surface area contributed by atoms with Crippen LogP contribution in [-0.2, 0) is 5.41 Å². The summed E-state index contributed by atoms with van der Waals surface area (Å²) in [6.07, 6.45) is 1.99. The number of nitrogens with two attached hydrogens (primary N) is 1. The zero-order chi connectivity index (χ0) is 11.9. The number of hydrogen-bond acceptors (Lipinski definition) is 4. The molecule has 17 heavy (non-hydrogen) atoms. The molecule has 0 radical (unpaired) electrons. The Kier molecular flexibility index (Phi) is 2.22. The molecule has 1 aliphatic rings. The van der Waals surface area contributed by atoms with Gasteiger partial charge in [0.2, 0.25) is 11.7 Å². The summed E-state index contributed by atoms with van der Waals surface area (Å²) in [5.41, 5.74) is 6.33. The Morgan fingerprint density at radius 2 is 2.00 bits per heavy atom. The van der Waals surface area contributed by atoms with Gasteiger partial charge in [0.05, 0.1) is 5.41 Å². The van der Waals surface area contributed by atoms with Crippen LogP contribution in [0.5, 0.6) is 0 Å². The third kappa shape index (κ3) is 1.72. The molecule has 88 valence electrons. The molecule has 0 bridgehead atoms. The quantitative estimate of drug-likeness (QED) is 0.878. The van der Waals surface area contributed by atoms with E-state index in [2.05, 4.69) is 10.1 Å². The van der Waals surface area contributed by atoms with E-state index in [1.54, 1.807) is 12.1 Å². The summed E-state index contributed by atoms with van der Waals surface area (Å²) in [4.78, 5) is 4.33. The van der Waals surface area contributed by atoms with Crippen molar-refractivity contribution in [2.75, 3.05) is 6.54 Å². The smallest absolute Gasteiger partial charge is 0.234 e. The Morgan fingerprint density at radius 1 is 1.29 bits per heavy atom. The summed E-state index contributed by atoms with van der Waals surface area (Å²) in [7, 11) is 0. The van der Waals surface area contributed by atoms with Gasteiger partial charge in [0.1, 0.15) is 5.82 Å². The molecular formula is C12H12FN3O. The van der Waals surface area contributed by atoms with E-state index >= 15 is 0 Å². The Balaban J connectivity index is 1.92. The molecule has 2 N–H and O–H groups in total. The van der Waals surface area contributed by atoms with E-state index < -0.39 is 0 Å². The van der Waals surface area contributed by atoms with Gasteiger partial charge < -0.3 is 10.3 Å². The van der Waals surface area contributed by atoms with Crippen LogP contribution >= 0.6 is 0 Å². The molecule has 0 spiro atoms. The van der Waals surface area contributed by atoms with Gasteiger partial charge in [0.15, 0.2) is 0 Å². The first kappa shape index (κ1) is 10.4. The summed E-state index contributed by atoms with van der Waals surface area (Å²) in [6, 6.07) is 6.01. The predicted octanol–water partition coefficient (Wildman–Crippen LogP) is 1.87. The highest BCUT2D eigenvalue weighted by molar-refractivity contribution is 5.54. The van der Waals surface area contributed by atoms with Crippen LogP contribution in [0.3, 0.4) is 0 Å². The van der Waals surface area contributed by atoms with Crippen molar-refractivity contribution in [1.29, 1.82) is 0 Å². The van der Waals surface area contributed by atoms with Crippen molar-refractivity contribution in [3.8, 4) is 11.4 Å². The van der Waals surface area contributed by atoms with Crippen molar-refractivity contribution >= 4 is 0 Å². The van der Waals surface area contributed by atoms with Gasteiger partial charge in [-0.15, -0.1) is 0 Å². The van der Waals surface area contributed by atoms with Gasteiger partial charge in [0.25, 0.3) is 0 Å². The molecule has 1 aliphatic carbocycles. The molecule has 1 fully saturated rings. The van der Waals surface area contributed by atoms with Crippen molar-refractivity contribution in [1.82, 2.24) is 10.1 Å². The van der Waals surface area contributed by atoms with Crippen molar-refractivity contribution in [3.63, 3.8) is 0 Å². The monoisotopic (exact) mass is 233 g/mol. The van der Waals surface area contributed by atoms with E-state index in [0.717, 1.165) is 18.4 Å². The molecule has 5 heteroatoms. The summed E-state index contributed by atoms with van der Waals surface area (Å²) in [5, 5.41) is 3.91. The van der Waals surface area contributed by atoms with Crippen LogP contribution in [-0.4, -0.2) is 16.7 Å². The first-order chi connectivity index (χ1) is 8.23. The van der Waals surface area contributed by atoms with Gasteiger partial charge in [-0.05, 0) is 37.1 Å². The first-order valence-electron chi connectivity index (χ1n) is 5.54.